The average Bonchev–Trinajstić information content (AvgIpc) is 2.03. The van der Waals surface area contributed by atoms with E-state index in [4.69, 9.17) is 0 Å². The van der Waals surface area contributed by atoms with Gasteiger partial charge in [-0.3, -0.25) is 0 Å². The lowest BCUT2D eigenvalue weighted by molar-refractivity contribution is 0.413. The first-order valence-corrected chi connectivity index (χ1v) is 4.39. The van der Waals surface area contributed by atoms with Gasteiger partial charge in [0.05, 0.1) is 0 Å². The van der Waals surface area contributed by atoms with Gasteiger partial charge in [-0.15, -0.1) is 12.4 Å². The normalized spacial score (nSPS) is 9.85. The molecule has 0 N–H and O–H groups in total. The number of benzene rings is 1. The summed E-state index contributed by atoms with van der Waals surface area (Å²) in [6.07, 6.45) is 1.15. The monoisotopic (exact) mass is 199 g/mol. The maximum Gasteiger partial charge on any atom is 0.00158 e. The van der Waals surface area contributed by atoms with E-state index in [0.717, 1.165) is 13.0 Å². The Bertz CT molecular complexity index is 246. The largest absolute Gasteiger partial charge is 0.309 e. The Morgan fingerprint density at radius 3 is 2.31 bits per heavy atom. The highest BCUT2D eigenvalue weighted by molar-refractivity contribution is 5.85. The third-order valence-corrected chi connectivity index (χ3v) is 2.09. The second kappa shape index (κ2) is 6.01. The average molecular weight is 200 g/mol. The molecule has 0 aliphatic rings. The van der Waals surface area contributed by atoms with Crippen LogP contribution in [0.5, 0.6) is 0 Å². The summed E-state index contributed by atoms with van der Waals surface area (Å²) in [5, 5.41) is 0. The van der Waals surface area contributed by atoms with Crippen LogP contribution < -0.4 is 0 Å². The summed E-state index contributed by atoms with van der Waals surface area (Å²) < 4.78 is 0. The van der Waals surface area contributed by atoms with E-state index in [0.29, 0.717) is 0 Å². The second-order valence-electron chi connectivity index (χ2n) is 3.48. The number of hydrogen-bond donors (Lipinski definition) is 0. The second-order valence-corrected chi connectivity index (χ2v) is 3.48. The summed E-state index contributed by atoms with van der Waals surface area (Å²) in [4.78, 5) is 2.21. The van der Waals surface area contributed by atoms with Crippen LogP contribution in [0.3, 0.4) is 0 Å². The fraction of sp³-hybridized carbons (Fsp3) is 0.455. The van der Waals surface area contributed by atoms with Crippen LogP contribution in [-0.4, -0.2) is 25.5 Å². The molecule has 0 aliphatic carbocycles. The lowest BCUT2D eigenvalue weighted by Gasteiger charge is -2.10. The molecular weight excluding hydrogens is 182 g/mol. The van der Waals surface area contributed by atoms with E-state index in [9.17, 15) is 0 Å². The van der Waals surface area contributed by atoms with E-state index < -0.39 is 0 Å². The molecule has 2 heteroatoms. The first kappa shape index (κ1) is 12.5. The minimum atomic E-state index is 0. The van der Waals surface area contributed by atoms with Crippen molar-refractivity contribution >= 4 is 12.4 Å². The van der Waals surface area contributed by atoms with Gasteiger partial charge in [0, 0.05) is 6.54 Å². The highest BCUT2D eigenvalue weighted by atomic mass is 35.5. The Labute approximate surface area is 87.2 Å². The number of aryl methyl sites for hydroxylation is 1. The van der Waals surface area contributed by atoms with E-state index in [1.54, 1.807) is 0 Å². The third kappa shape index (κ3) is 4.30. The molecule has 0 aromatic heterocycles. The molecule has 74 valence electrons. The molecule has 13 heavy (non-hydrogen) atoms. The molecule has 0 radical (unpaired) electrons. The quantitative estimate of drug-likeness (QED) is 0.723. The van der Waals surface area contributed by atoms with E-state index in [1.807, 2.05) is 0 Å². The van der Waals surface area contributed by atoms with Crippen molar-refractivity contribution in [2.45, 2.75) is 13.3 Å². The zero-order chi connectivity index (χ0) is 8.97. The molecular formula is C11H18ClN. The fourth-order valence-corrected chi connectivity index (χ4v) is 1.23. The van der Waals surface area contributed by atoms with Gasteiger partial charge in [0.1, 0.15) is 0 Å². The molecule has 1 nitrogen and oxygen atoms in total. The topological polar surface area (TPSA) is 3.24 Å². The molecule has 0 aliphatic heterocycles. The van der Waals surface area contributed by atoms with E-state index in [1.165, 1.54) is 11.1 Å². The van der Waals surface area contributed by atoms with E-state index in [2.05, 4.69) is 50.2 Å². The molecule has 0 amide bonds. The van der Waals surface area contributed by atoms with Gasteiger partial charge in [-0.25, -0.2) is 0 Å². The minimum Gasteiger partial charge on any atom is -0.309 e. The molecule has 0 bridgehead atoms. The third-order valence-electron chi connectivity index (χ3n) is 2.09. The van der Waals surface area contributed by atoms with Crippen LogP contribution in [-0.2, 0) is 6.42 Å². The first-order chi connectivity index (χ1) is 5.70. The molecule has 0 heterocycles. The van der Waals surface area contributed by atoms with Gasteiger partial charge in [0.25, 0.3) is 0 Å². The summed E-state index contributed by atoms with van der Waals surface area (Å²) in [5.41, 5.74) is 2.87. The summed E-state index contributed by atoms with van der Waals surface area (Å²) in [5.74, 6) is 0. The zero-order valence-corrected chi connectivity index (χ0v) is 9.40. The van der Waals surface area contributed by atoms with Crippen molar-refractivity contribution in [3.63, 3.8) is 0 Å². The molecule has 0 spiro atoms. The highest BCUT2D eigenvalue weighted by Gasteiger charge is 1.96. The summed E-state index contributed by atoms with van der Waals surface area (Å²) in [7, 11) is 4.22. The molecule has 0 fully saturated rings. The Balaban J connectivity index is 0.00000144. The smallest absolute Gasteiger partial charge is 0.00158 e. The standard InChI is InChI=1S/C11H17N.ClH/c1-10-6-4-5-7-11(10)8-9-12(2)3;/h4-7H,8-9H2,1-3H3;1H. The minimum absolute atomic E-state index is 0. The summed E-state index contributed by atoms with van der Waals surface area (Å²) in [6.45, 7) is 3.30. The highest BCUT2D eigenvalue weighted by Crippen LogP contribution is 2.07. The molecule has 0 atom stereocenters. The molecule has 0 unspecified atom stereocenters. The van der Waals surface area contributed by atoms with E-state index in [-0.39, 0.29) is 12.4 Å². The Kier molecular flexibility index (Phi) is 5.76. The van der Waals surface area contributed by atoms with Crippen LogP contribution in [0.25, 0.3) is 0 Å². The van der Waals surface area contributed by atoms with Gasteiger partial charge in [0.15, 0.2) is 0 Å². The maximum absolute atomic E-state index is 2.21. The fourth-order valence-electron chi connectivity index (χ4n) is 1.23. The van der Waals surface area contributed by atoms with Crippen LogP contribution in [0.4, 0.5) is 0 Å². The van der Waals surface area contributed by atoms with Crippen molar-refractivity contribution in [2.75, 3.05) is 20.6 Å². The van der Waals surface area contributed by atoms with Crippen LogP contribution in [0.1, 0.15) is 11.1 Å². The molecule has 0 saturated heterocycles. The van der Waals surface area contributed by atoms with Crippen molar-refractivity contribution in [3.8, 4) is 0 Å². The first-order valence-electron chi connectivity index (χ1n) is 4.39. The van der Waals surface area contributed by atoms with Crippen LogP contribution in [0, 0.1) is 6.92 Å². The summed E-state index contributed by atoms with van der Waals surface area (Å²) in [6, 6.07) is 8.58. The van der Waals surface area contributed by atoms with Gasteiger partial charge in [-0.05, 0) is 38.6 Å². The number of likely N-dealkylation sites (N-methyl/N-ethyl adjacent to an activating group) is 1. The van der Waals surface area contributed by atoms with Crippen molar-refractivity contribution in [2.24, 2.45) is 0 Å². The number of nitrogens with zero attached hydrogens (tertiary/aromatic N) is 1. The maximum atomic E-state index is 2.21. The number of hydrogen-bond acceptors (Lipinski definition) is 1. The van der Waals surface area contributed by atoms with Crippen molar-refractivity contribution in [1.82, 2.24) is 4.90 Å². The van der Waals surface area contributed by atoms with E-state index >= 15 is 0 Å². The Hall–Kier alpha value is -0.530. The van der Waals surface area contributed by atoms with Crippen LogP contribution in [0.2, 0.25) is 0 Å². The SMILES string of the molecule is Cc1ccccc1CCN(C)C.Cl. The molecule has 0 saturated carbocycles. The molecule has 1 rings (SSSR count). The summed E-state index contributed by atoms with van der Waals surface area (Å²) >= 11 is 0. The Morgan fingerprint density at radius 1 is 1.15 bits per heavy atom. The van der Waals surface area contributed by atoms with Crippen LogP contribution in [0.15, 0.2) is 24.3 Å². The number of rotatable bonds is 3. The van der Waals surface area contributed by atoms with Crippen molar-refractivity contribution < 1.29 is 0 Å². The van der Waals surface area contributed by atoms with Crippen LogP contribution >= 0.6 is 12.4 Å². The zero-order valence-electron chi connectivity index (χ0n) is 8.58. The molecule has 1 aromatic carbocycles. The molecule has 1 aromatic rings. The Morgan fingerprint density at radius 2 is 1.77 bits per heavy atom. The van der Waals surface area contributed by atoms with Gasteiger partial charge in [-0.1, -0.05) is 24.3 Å². The van der Waals surface area contributed by atoms with Crippen molar-refractivity contribution in [3.05, 3.63) is 35.4 Å². The van der Waals surface area contributed by atoms with Gasteiger partial charge < -0.3 is 4.90 Å². The van der Waals surface area contributed by atoms with Crippen molar-refractivity contribution in [1.29, 1.82) is 0 Å². The lowest BCUT2D eigenvalue weighted by atomic mass is 10.1. The number of halogens is 1. The van der Waals surface area contributed by atoms with Gasteiger partial charge >= 0.3 is 0 Å². The lowest BCUT2D eigenvalue weighted by Crippen LogP contribution is -2.15. The predicted molar refractivity (Wildman–Crippen MR) is 60.7 cm³/mol. The van der Waals surface area contributed by atoms with Gasteiger partial charge in [0.2, 0.25) is 0 Å². The predicted octanol–water partition coefficient (Wildman–Crippen LogP) is 2.52. The van der Waals surface area contributed by atoms with Gasteiger partial charge in [-0.2, -0.15) is 0 Å².